The molecule has 3 aromatic rings. The highest BCUT2D eigenvalue weighted by Crippen LogP contribution is 2.43. The first-order valence-corrected chi connectivity index (χ1v) is 8.50. The zero-order chi connectivity index (χ0) is 16.0. The van der Waals surface area contributed by atoms with Crippen LogP contribution in [-0.2, 0) is 12.8 Å². The van der Waals surface area contributed by atoms with E-state index < -0.39 is 0 Å². The van der Waals surface area contributed by atoms with Crippen LogP contribution < -0.4 is 0 Å². The number of para-hydroxylation sites is 1. The molecule has 1 nitrogen and oxygen atoms in total. The average molecular weight is 301 g/mol. The van der Waals surface area contributed by atoms with E-state index in [1.54, 1.807) is 0 Å². The molecule has 0 spiro atoms. The number of hydrogen-bond acceptors (Lipinski definition) is 1. The van der Waals surface area contributed by atoms with E-state index in [1.807, 2.05) is 0 Å². The topological polar surface area (TPSA) is 12.9 Å². The van der Waals surface area contributed by atoms with Gasteiger partial charge < -0.3 is 0 Å². The first kappa shape index (κ1) is 14.4. The lowest BCUT2D eigenvalue weighted by atomic mass is 9.79. The van der Waals surface area contributed by atoms with Crippen molar-refractivity contribution in [1.29, 1.82) is 0 Å². The van der Waals surface area contributed by atoms with Crippen molar-refractivity contribution >= 4 is 10.9 Å². The Kier molecular flexibility index (Phi) is 3.26. The Morgan fingerprint density at radius 2 is 1.57 bits per heavy atom. The molecule has 0 N–H and O–H groups in total. The standard InChI is InChI=1S/C22H23N/c1-22(2,3)16-13-18-20(14-16)23-19-12-8-7-11-17(19)21(18)15-9-5-4-6-10-15/h4-12,16H,13-14H2,1-3H3. The van der Waals surface area contributed by atoms with Gasteiger partial charge in [-0.2, -0.15) is 0 Å². The number of pyridine rings is 1. The number of rotatable bonds is 1. The van der Waals surface area contributed by atoms with Gasteiger partial charge in [0.1, 0.15) is 0 Å². The Hall–Kier alpha value is -2.15. The van der Waals surface area contributed by atoms with Gasteiger partial charge in [0, 0.05) is 11.1 Å². The number of nitrogens with zero attached hydrogens (tertiary/aromatic N) is 1. The molecular weight excluding hydrogens is 278 g/mol. The Morgan fingerprint density at radius 3 is 2.30 bits per heavy atom. The van der Waals surface area contributed by atoms with Crippen LogP contribution in [0.2, 0.25) is 0 Å². The van der Waals surface area contributed by atoms with Gasteiger partial charge in [0.25, 0.3) is 0 Å². The number of aromatic nitrogens is 1. The summed E-state index contributed by atoms with van der Waals surface area (Å²) in [5.74, 6) is 0.671. The van der Waals surface area contributed by atoms with E-state index >= 15 is 0 Å². The van der Waals surface area contributed by atoms with Gasteiger partial charge >= 0.3 is 0 Å². The molecular formula is C22H23N. The highest BCUT2D eigenvalue weighted by Gasteiger charge is 2.34. The zero-order valence-electron chi connectivity index (χ0n) is 14.1. The first-order valence-electron chi connectivity index (χ1n) is 8.50. The van der Waals surface area contributed by atoms with Gasteiger partial charge in [-0.3, -0.25) is 4.98 Å². The van der Waals surface area contributed by atoms with Crippen molar-refractivity contribution in [2.24, 2.45) is 11.3 Å². The summed E-state index contributed by atoms with van der Waals surface area (Å²) >= 11 is 0. The Balaban J connectivity index is 1.98. The molecule has 116 valence electrons. The molecule has 1 heteroatoms. The van der Waals surface area contributed by atoms with Crippen molar-refractivity contribution < 1.29 is 0 Å². The van der Waals surface area contributed by atoms with Gasteiger partial charge in [0.2, 0.25) is 0 Å². The van der Waals surface area contributed by atoms with Crippen molar-refractivity contribution in [2.75, 3.05) is 0 Å². The second-order valence-corrected chi connectivity index (χ2v) is 7.77. The van der Waals surface area contributed by atoms with Gasteiger partial charge in [-0.05, 0) is 46.9 Å². The van der Waals surface area contributed by atoms with Crippen molar-refractivity contribution in [3.05, 3.63) is 65.9 Å². The van der Waals surface area contributed by atoms with E-state index in [4.69, 9.17) is 4.98 Å². The maximum Gasteiger partial charge on any atom is 0.0711 e. The van der Waals surface area contributed by atoms with Crippen LogP contribution in [-0.4, -0.2) is 4.98 Å². The maximum atomic E-state index is 5.01. The summed E-state index contributed by atoms with van der Waals surface area (Å²) < 4.78 is 0. The highest BCUT2D eigenvalue weighted by atomic mass is 14.7. The third-order valence-electron chi connectivity index (χ3n) is 5.26. The van der Waals surface area contributed by atoms with Gasteiger partial charge in [-0.25, -0.2) is 0 Å². The van der Waals surface area contributed by atoms with Crippen molar-refractivity contribution in [3.8, 4) is 11.1 Å². The molecule has 0 aliphatic heterocycles. The summed E-state index contributed by atoms with van der Waals surface area (Å²) in [6, 6.07) is 19.4. The van der Waals surface area contributed by atoms with E-state index in [-0.39, 0.29) is 0 Å². The fraction of sp³-hybridized carbons (Fsp3) is 0.318. The van der Waals surface area contributed by atoms with Crippen LogP contribution in [0, 0.1) is 11.3 Å². The molecule has 0 radical (unpaired) electrons. The molecule has 23 heavy (non-hydrogen) atoms. The fourth-order valence-corrected chi connectivity index (χ4v) is 3.79. The Morgan fingerprint density at radius 1 is 0.870 bits per heavy atom. The highest BCUT2D eigenvalue weighted by molar-refractivity contribution is 5.96. The zero-order valence-corrected chi connectivity index (χ0v) is 14.1. The minimum Gasteiger partial charge on any atom is -0.252 e. The molecule has 0 saturated carbocycles. The molecule has 1 heterocycles. The molecule has 1 atom stereocenters. The summed E-state index contributed by atoms with van der Waals surface area (Å²) in [5, 5.41) is 1.28. The van der Waals surface area contributed by atoms with Crippen LogP contribution in [0.5, 0.6) is 0 Å². The Bertz CT molecular complexity index is 856. The molecule has 0 fully saturated rings. The van der Waals surface area contributed by atoms with Crippen molar-refractivity contribution in [1.82, 2.24) is 4.98 Å². The van der Waals surface area contributed by atoms with Gasteiger partial charge in [0.15, 0.2) is 0 Å². The predicted molar refractivity (Wildman–Crippen MR) is 97.5 cm³/mol. The second kappa shape index (κ2) is 5.19. The SMILES string of the molecule is CC(C)(C)C1Cc2nc3ccccc3c(-c3ccccc3)c2C1. The summed E-state index contributed by atoms with van der Waals surface area (Å²) in [5.41, 5.74) is 6.94. The molecule has 1 aliphatic rings. The summed E-state index contributed by atoms with van der Waals surface area (Å²) in [6.45, 7) is 7.06. The molecule has 0 bridgehead atoms. The molecule has 2 aromatic carbocycles. The largest absolute Gasteiger partial charge is 0.252 e. The van der Waals surface area contributed by atoms with E-state index in [2.05, 4.69) is 75.4 Å². The van der Waals surface area contributed by atoms with Gasteiger partial charge in [-0.1, -0.05) is 69.3 Å². The van der Waals surface area contributed by atoms with Crippen LogP contribution in [0.1, 0.15) is 32.0 Å². The monoisotopic (exact) mass is 301 g/mol. The molecule has 1 aromatic heterocycles. The lowest BCUT2D eigenvalue weighted by Gasteiger charge is -2.26. The smallest absolute Gasteiger partial charge is 0.0711 e. The molecule has 0 saturated heterocycles. The number of hydrogen-bond donors (Lipinski definition) is 0. The summed E-state index contributed by atoms with van der Waals surface area (Å²) in [7, 11) is 0. The molecule has 1 unspecified atom stereocenters. The quantitative estimate of drug-likeness (QED) is 0.565. The van der Waals surface area contributed by atoms with Crippen molar-refractivity contribution in [2.45, 2.75) is 33.6 Å². The summed E-state index contributed by atoms with van der Waals surface area (Å²) in [6.07, 6.45) is 2.24. The summed E-state index contributed by atoms with van der Waals surface area (Å²) in [4.78, 5) is 5.01. The lowest BCUT2D eigenvalue weighted by Crippen LogP contribution is -2.20. The maximum absolute atomic E-state index is 5.01. The van der Waals surface area contributed by atoms with Crippen LogP contribution in [0.4, 0.5) is 0 Å². The van der Waals surface area contributed by atoms with Gasteiger partial charge in [0.05, 0.1) is 5.52 Å². The van der Waals surface area contributed by atoms with Crippen LogP contribution >= 0.6 is 0 Å². The Labute approximate surface area is 138 Å². The van der Waals surface area contributed by atoms with E-state index in [0.717, 1.165) is 18.4 Å². The van der Waals surface area contributed by atoms with Crippen LogP contribution in [0.25, 0.3) is 22.0 Å². The molecule has 0 amide bonds. The average Bonchev–Trinajstić information content (AvgIpc) is 2.97. The van der Waals surface area contributed by atoms with E-state index in [1.165, 1.54) is 27.8 Å². The van der Waals surface area contributed by atoms with E-state index in [0.29, 0.717) is 11.3 Å². The van der Waals surface area contributed by atoms with Crippen LogP contribution in [0.3, 0.4) is 0 Å². The number of fused-ring (bicyclic) bond motifs is 2. The fourth-order valence-electron chi connectivity index (χ4n) is 3.79. The molecule has 4 rings (SSSR count). The third-order valence-corrected chi connectivity index (χ3v) is 5.26. The van der Waals surface area contributed by atoms with Gasteiger partial charge in [-0.15, -0.1) is 0 Å². The minimum atomic E-state index is 0.320. The second-order valence-electron chi connectivity index (χ2n) is 7.77. The number of benzene rings is 2. The van der Waals surface area contributed by atoms with Crippen LogP contribution in [0.15, 0.2) is 54.6 Å². The normalized spacial score (nSPS) is 17.4. The lowest BCUT2D eigenvalue weighted by molar-refractivity contribution is 0.250. The molecule has 1 aliphatic carbocycles. The predicted octanol–water partition coefficient (Wildman–Crippen LogP) is 5.66. The minimum absolute atomic E-state index is 0.320. The third kappa shape index (κ3) is 2.45. The van der Waals surface area contributed by atoms with Crippen molar-refractivity contribution in [3.63, 3.8) is 0 Å². The first-order chi connectivity index (χ1) is 11.0. The van der Waals surface area contributed by atoms with E-state index in [9.17, 15) is 0 Å².